The average Bonchev–Trinajstić information content (AvgIpc) is 3.10. The minimum Gasteiger partial charge on any atom is -0.327 e. The lowest BCUT2D eigenvalue weighted by Gasteiger charge is -2.20. The Morgan fingerprint density at radius 2 is 1.94 bits per heavy atom. The summed E-state index contributed by atoms with van der Waals surface area (Å²) in [4.78, 5) is 14.1. The molecule has 1 aliphatic carbocycles. The summed E-state index contributed by atoms with van der Waals surface area (Å²) in [5, 5.41) is 0. The Bertz CT molecular complexity index is 483. The lowest BCUT2D eigenvalue weighted by atomic mass is 10.2. The van der Waals surface area contributed by atoms with Gasteiger partial charge in [-0.15, -0.1) is 6.42 Å². The van der Waals surface area contributed by atoms with E-state index in [0.29, 0.717) is 18.0 Å². The monoisotopic (exact) mass is 369 g/mol. The van der Waals surface area contributed by atoms with E-state index < -0.39 is 0 Å². The summed E-state index contributed by atoms with van der Waals surface area (Å²) in [5.74, 6) is 3.20. The van der Waals surface area contributed by atoms with Gasteiger partial charge < -0.3 is 4.90 Å². The summed E-state index contributed by atoms with van der Waals surface area (Å²) < 4.78 is 1.76. The van der Waals surface area contributed by atoms with E-state index in [9.17, 15) is 4.79 Å². The normalized spacial score (nSPS) is 14.1. The third kappa shape index (κ3) is 3.60. The number of amides is 1. The first kappa shape index (κ1) is 13.6. The Morgan fingerprint density at radius 3 is 2.44 bits per heavy atom. The zero-order valence-corrected chi connectivity index (χ0v) is 13.0. The molecule has 18 heavy (non-hydrogen) atoms. The number of terminal acetylenes is 1. The topological polar surface area (TPSA) is 20.3 Å². The molecule has 0 heterocycles. The molecule has 0 aromatic heterocycles. The number of hydrogen-bond donors (Lipinski definition) is 0. The number of halogens is 2. The second-order valence-electron chi connectivity index (χ2n) is 4.49. The van der Waals surface area contributed by atoms with Crippen LogP contribution in [-0.2, 0) is 0 Å². The molecule has 1 aromatic rings. The van der Waals surface area contributed by atoms with Crippen molar-refractivity contribution >= 4 is 37.8 Å². The first-order valence-corrected chi connectivity index (χ1v) is 7.37. The van der Waals surface area contributed by atoms with Crippen LogP contribution in [0.2, 0.25) is 0 Å². The molecule has 0 atom stereocenters. The van der Waals surface area contributed by atoms with Gasteiger partial charge in [-0.2, -0.15) is 0 Å². The van der Waals surface area contributed by atoms with Crippen molar-refractivity contribution in [3.63, 3.8) is 0 Å². The molecule has 0 radical (unpaired) electrons. The Morgan fingerprint density at radius 1 is 1.33 bits per heavy atom. The first-order valence-electron chi connectivity index (χ1n) is 5.79. The molecule has 4 heteroatoms. The molecule has 0 bridgehead atoms. The van der Waals surface area contributed by atoms with Gasteiger partial charge in [0.05, 0.1) is 6.54 Å². The Balaban J connectivity index is 2.18. The third-order valence-electron chi connectivity index (χ3n) is 2.85. The van der Waals surface area contributed by atoms with E-state index in [1.54, 1.807) is 4.90 Å². The molecule has 1 aliphatic rings. The highest BCUT2D eigenvalue weighted by molar-refractivity contribution is 9.11. The molecule has 0 N–H and O–H groups in total. The lowest BCUT2D eigenvalue weighted by Crippen LogP contribution is -2.33. The van der Waals surface area contributed by atoms with Gasteiger partial charge in [0.15, 0.2) is 0 Å². The molecule has 0 aliphatic heterocycles. The quantitative estimate of drug-likeness (QED) is 0.740. The maximum Gasteiger partial charge on any atom is 0.254 e. The fourth-order valence-electron chi connectivity index (χ4n) is 1.80. The van der Waals surface area contributed by atoms with Crippen LogP contribution in [0.25, 0.3) is 0 Å². The maximum absolute atomic E-state index is 12.4. The molecule has 2 rings (SSSR count). The van der Waals surface area contributed by atoms with Gasteiger partial charge in [-0.25, -0.2) is 0 Å². The Hall–Kier alpha value is -0.790. The predicted octanol–water partition coefficient (Wildman–Crippen LogP) is 3.70. The van der Waals surface area contributed by atoms with E-state index in [0.717, 1.165) is 15.5 Å². The maximum atomic E-state index is 12.4. The van der Waals surface area contributed by atoms with Crippen molar-refractivity contribution in [1.82, 2.24) is 4.90 Å². The molecule has 0 spiro atoms. The summed E-state index contributed by atoms with van der Waals surface area (Å²) >= 11 is 6.78. The SMILES string of the molecule is C#CCN(CC1CC1)C(=O)c1cc(Br)cc(Br)c1. The van der Waals surface area contributed by atoms with Crippen molar-refractivity contribution in [3.05, 3.63) is 32.7 Å². The van der Waals surface area contributed by atoms with Gasteiger partial charge in [-0.1, -0.05) is 37.8 Å². The Labute approximate surface area is 124 Å². The van der Waals surface area contributed by atoms with Crippen LogP contribution >= 0.6 is 31.9 Å². The largest absolute Gasteiger partial charge is 0.327 e. The molecule has 1 saturated carbocycles. The molecule has 1 amide bonds. The number of carbonyl (C=O) groups is 1. The van der Waals surface area contributed by atoms with Gasteiger partial charge >= 0.3 is 0 Å². The van der Waals surface area contributed by atoms with Gasteiger partial charge in [0.25, 0.3) is 5.91 Å². The summed E-state index contributed by atoms with van der Waals surface area (Å²) in [7, 11) is 0. The number of nitrogens with zero attached hydrogens (tertiary/aromatic N) is 1. The predicted molar refractivity (Wildman–Crippen MR) is 79.3 cm³/mol. The molecular formula is C14H13Br2NO. The molecular weight excluding hydrogens is 358 g/mol. The highest BCUT2D eigenvalue weighted by atomic mass is 79.9. The number of benzene rings is 1. The molecule has 0 unspecified atom stereocenters. The van der Waals surface area contributed by atoms with Gasteiger partial charge in [-0.05, 0) is 37.0 Å². The summed E-state index contributed by atoms with van der Waals surface area (Å²) in [6.07, 6.45) is 7.75. The highest BCUT2D eigenvalue weighted by Crippen LogP contribution is 2.30. The van der Waals surface area contributed by atoms with Gasteiger partial charge in [0.2, 0.25) is 0 Å². The zero-order chi connectivity index (χ0) is 13.1. The van der Waals surface area contributed by atoms with Crippen molar-refractivity contribution in [1.29, 1.82) is 0 Å². The molecule has 0 saturated heterocycles. The standard InChI is InChI=1S/C14H13Br2NO/c1-2-5-17(9-10-3-4-10)14(18)11-6-12(15)8-13(16)7-11/h1,6-8,10H,3-5,9H2. The van der Waals surface area contributed by atoms with Gasteiger partial charge in [0.1, 0.15) is 0 Å². The van der Waals surface area contributed by atoms with Gasteiger partial charge in [0, 0.05) is 21.1 Å². The van der Waals surface area contributed by atoms with Crippen LogP contribution in [0.1, 0.15) is 23.2 Å². The molecule has 1 aromatic carbocycles. The summed E-state index contributed by atoms with van der Waals surface area (Å²) in [5.41, 5.74) is 0.659. The second kappa shape index (κ2) is 5.90. The lowest BCUT2D eigenvalue weighted by molar-refractivity contribution is 0.0769. The number of hydrogen-bond acceptors (Lipinski definition) is 1. The second-order valence-corrected chi connectivity index (χ2v) is 6.32. The minimum atomic E-state index is 0.00171. The van der Waals surface area contributed by atoms with Crippen LogP contribution in [0.3, 0.4) is 0 Å². The average molecular weight is 371 g/mol. The van der Waals surface area contributed by atoms with Crippen LogP contribution in [0.5, 0.6) is 0 Å². The number of carbonyl (C=O) groups excluding carboxylic acids is 1. The van der Waals surface area contributed by atoms with E-state index in [4.69, 9.17) is 6.42 Å². The van der Waals surface area contributed by atoms with Crippen molar-refractivity contribution in [3.8, 4) is 12.3 Å². The Kier molecular flexibility index (Phi) is 4.47. The zero-order valence-electron chi connectivity index (χ0n) is 9.83. The van der Waals surface area contributed by atoms with Crippen LogP contribution in [0.4, 0.5) is 0 Å². The van der Waals surface area contributed by atoms with E-state index >= 15 is 0 Å². The fourth-order valence-corrected chi connectivity index (χ4v) is 3.10. The summed E-state index contributed by atoms with van der Waals surface area (Å²) in [6, 6.07) is 5.55. The third-order valence-corrected chi connectivity index (χ3v) is 3.77. The highest BCUT2D eigenvalue weighted by Gasteiger charge is 2.27. The molecule has 1 fully saturated rings. The fraction of sp³-hybridized carbons (Fsp3) is 0.357. The van der Waals surface area contributed by atoms with Gasteiger partial charge in [-0.3, -0.25) is 4.79 Å². The van der Waals surface area contributed by atoms with Crippen molar-refractivity contribution in [2.45, 2.75) is 12.8 Å². The van der Waals surface area contributed by atoms with Crippen molar-refractivity contribution in [2.24, 2.45) is 5.92 Å². The molecule has 94 valence electrons. The van der Waals surface area contributed by atoms with E-state index in [1.807, 2.05) is 18.2 Å². The van der Waals surface area contributed by atoms with E-state index in [-0.39, 0.29) is 5.91 Å². The van der Waals surface area contributed by atoms with Crippen molar-refractivity contribution < 1.29 is 4.79 Å². The molecule has 2 nitrogen and oxygen atoms in total. The van der Waals surface area contributed by atoms with E-state index in [1.165, 1.54) is 12.8 Å². The van der Waals surface area contributed by atoms with Crippen LogP contribution < -0.4 is 0 Å². The van der Waals surface area contributed by atoms with E-state index in [2.05, 4.69) is 37.8 Å². The van der Waals surface area contributed by atoms with Crippen LogP contribution in [0.15, 0.2) is 27.1 Å². The number of rotatable bonds is 4. The first-order chi connectivity index (χ1) is 8.60. The minimum absolute atomic E-state index is 0.00171. The van der Waals surface area contributed by atoms with Crippen molar-refractivity contribution in [2.75, 3.05) is 13.1 Å². The van der Waals surface area contributed by atoms with Crippen LogP contribution in [-0.4, -0.2) is 23.9 Å². The van der Waals surface area contributed by atoms with Crippen LogP contribution in [0, 0.1) is 18.3 Å². The summed E-state index contributed by atoms with van der Waals surface area (Å²) in [6.45, 7) is 1.15. The smallest absolute Gasteiger partial charge is 0.254 e.